The second-order valence-electron chi connectivity index (χ2n) is 6.46. The fourth-order valence-corrected chi connectivity index (χ4v) is 2.72. The lowest BCUT2D eigenvalue weighted by Gasteiger charge is -2.27. The van der Waals surface area contributed by atoms with Gasteiger partial charge in [-0.05, 0) is 31.5 Å². The number of carboxylic acids is 1. The molecule has 0 saturated carbocycles. The van der Waals surface area contributed by atoms with Gasteiger partial charge in [0.1, 0.15) is 6.04 Å². The monoisotopic (exact) mass is 399 g/mol. The Hall–Kier alpha value is -3.75. The van der Waals surface area contributed by atoms with Crippen molar-refractivity contribution in [3.63, 3.8) is 0 Å². The lowest BCUT2D eigenvalue weighted by molar-refractivity contribution is -0.385. The minimum absolute atomic E-state index is 0.0830. The van der Waals surface area contributed by atoms with Crippen molar-refractivity contribution in [2.24, 2.45) is 0 Å². The van der Waals surface area contributed by atoms with Gasteiger partial charge in [-0.2, -0.15) is 0 Å². The molecule has 0 bridgehead atoms. The molecule has 0 radical (unpaired) electrons. The van der Waals surface area contributed by atoms with E-state index in [0.29, 0.717) is 5.56 Å². The molecule has 0 aliphatic rings. The highest BCUT2D eigenvalue weighted by Crippen LogP contribution is 2.18. The molecular formula is C20H21N3O6. The van der Waals surface area contributed by atoms with Crippen LogP contribution in [0, 0.1) is 17.0 Å². The number of carboxylic acid groups (broad SMARTS) is 1. The Labute approximate surface area is 167 Å². The maximum absolute atomic E-state index is 12.6. The zero-order valence-corrected chi connectivity index (χ0v) is 16.0. The lowest BCUT2D eigenvalue weighted by Crippen LogP contribution is -2.47. The number of carbonyl (C=O) groups excluding carboxylic acids is 2. The SMILES string of the molecule is Cc1cc(C(=O)NCC(=O)N(Cc2ccccc2)C(C)C(=O)O)ccc1[N+](=O)[O-]. The molecule has 2 aromatic carbocycles. The van der Waals surface area contributed by atoms with Gasteiger partial charge >= 0.3 is 5.97 Å². The Bertz CT molecular complexity index is 929. The molecule has 0 aliphatic carbocycles. The Balaban J connectivity index is 2.08. The smallest absolute Gasteiger partial charge is 0.326 e. The van der Waals surface area contributed by atoms with Gasteiger partial charge in [0, 0.05) is 23.7 Å². The Kier molecular flexibility index (Phi) is 7.02. The number of aliphatic carboxylic acids is 1. The van der Waals surface area contributed by atoms with Gasteiger partial charge in [-0.25, -0.2) is 4.79 Å². The van der Waals surface area contributed by atoms with Crippen LogP contribution in [0.5, 0.6) is 0 Å². The number of hydrogen-bond donors (Lipinski definition) is 2. The number of aryl methyl sites for hydroxylation is 1. The summed E-state index contributed by atoms with van der Waals surface area (Å²) in [5.74, 6) is -2.30. The number of benzene rings is 2. The molecule has 29 heavy (non-hydrogen) atoms. The maximum Gasteiger partial charge on any atom is 0.326 e. The average Bonchev–Trinajstić information content (AvgIpc) is 2.69. The molecule has 0 spiro atoms. The Morgan fingerprint density at radius 3 is 2.38 bits per heavy atom. The highest BCUT2D eigenvalue weighted by Gasteiger charge is 2.26. The lowest BCUT2D eigenvalue weighted by atomic mass is 10.1. The van der Waals surface area contributed by atoms with Crippen molar-refractivity contribution in [3.05, 3.63) is 75.3 Å². The third-order valence-electron chi connectivity index (χ3n) is 4.40. The summed E-state index contributed by atoms with van der Waals surface area (Å²) in [7, 11) is 0. The van der Waals surface area contributed by atoms with E-state index in [2.05, 4.69) is 5.32 Å². The standard InChI is InChI=1S/C20H21N3O6/c1-13-10-16(8-9-17(13)23(28)29)19(25)21-11-18(24)22(14(2)20(26)27)12-15-6-4-3-5-7-15/h3-10,14H,11-12H2,1-2H3,(H,21,25)(H,26,27). The van der Waals surface area contributed by atoms with Gasteiger partial charge in [0.05, 0.1) is 11.5 Å². The minimum atomic E-state index is -1.16. The van der Waals surface area contributed by atoms with Crippen LogP contribution in [0.1, 0.15) is 28.4 Å². The van der Waals surface area contributed by atoms with E-state index in [-0.39, 0.29) is 17.8 Å². The van der Waals surface area contributed by atoms with E-state index in [1.54, 1.807) is 24.3 Å². The first-order valence-corrected chi connectivity index (χ1v) is 8.80. The number of amides is 2. The van der Waals surface area contributed by atoms with Gasteiger partial charge in [-0.3, -0.25) is 19.7 Å². The average molecular weight is 399 g/mol. The van der Waals surface area contributed by atoms with E-state index in [9.17, 15) is 29.6 Å². The molecule has 0 heterocycles. The van der Waals surface area contributed by atoms with Crippen molar-refractivity contribution in [1.29, 1.82) is 0 Å². The fraction of sp³-hybridized carbons (Fsp3) is 0.250. The normalized spacial score (nSPS) is 11.4. The Morgan fingerprint density at radius 2 is 1.83 bits per heavy atom. The summed E-state index contributed by atoms with van der Waals surface area (Å²) >= 11 is 0. The number of hydrogen-bond acceptors (Lipinski definition) is 5. The predicted molar refractivity (Wildman–Crippen MR) is 104 cm³/mol. The van der Waals surface area contributed by atoms with Crippen molar-refractivity contribution < 1.29 is 24.4 Å². The second-order valence-corrected chi connectivity index (χ2v) is 6.46. The van der Waals surface area contributed by atoms with Crippen LogP contribution in [0.3, 0.4) is 0 Å². The first-order valence-electron chi connectivity index (χ1n) is 8.80. The zero-order chi connectivity index (χ0) is 21.6. The molecule has 0 saturated heterocycles. The molecule has 0 fully saturated rings. The zero-order valence-electron chi connectivity index (χ0n) is 16.0. The summed E-state index contributed by atoms with van der Waals surface area (Å²) in [6.45, 7) is 2.58. The van der Waals surface area contributed by atoms with Crippen molar-refractivity contribution in [2.45, 2.75) is 26.4 Å². The van der Waals surface area contributed by atoms with Crippen molar-refractivity contribution >= 4 is 23.5 Å². The van der Waals surface area contributed by atoms with Crippen molar-refractivity contribution in [2.75, 3.05) is 6.54 Å². The first-order chi connectivity index (χ1) is 13.7. The van der Waals surface area contributed by atoms with Crippen LogP contribution >= 0.6 is 0 Å². The molecule has 152 valence electrons. The van der Waals surface area contributed by atoms with Gasteiger partial charge in [0.25, 0.3) is 11.6 Å². The van der Waals surface area contributed by atoms with Gasteiger partial charge < -0.3 is 15.3 Å². The molecule has 2 rings (SSSR count). The number of nitrogens with one attached hydrogen (secondary N) is 1. The number of nitro groups is 1. The molecule has 2 aromatic rings. The van der Waals surface area contributed by atoms with E-state index < -0.39 is 35.3 Å². The summed E-state index contributed by atoms with van der Waals surface area (Å²) in [5.41, 5.74) is 1.13. The van der Waals surface area contributed by atoms with E-state index in [4.69, 9.17) is 0 Å². The summed E-state index contributed by atoms with van der Waals surface area (Å²) in [4.78, 5) is 47.8. The van der Waals surface area contributed by atoms with Crippen LogP contribution in [-0.2, 0) is 16.1 Å². The summed E-state index contributed by atoms with van der Waals surface area (Å²) in [6, 6.07) is 11.7. The van der Waals surface area contributed by atoms with Crippen LogP contribution in [-0.4, -0.2) is 45.3 Å². The van der Waals surface area contributed by atoms with Crippen molar-refractivity contribution in [1.82, 2.24) is 10.2 Å². The van der Waals surface area contributed by atoms with E-state index in [1.165, 1.54) is 36.9 Å². The van der Waals surface area contributed by atoms with Crippen LogP contribution < -0.4 is 5.32 Å². The predicted octanol–water partition coefficient (Wildman–Crippen LogP) is 2.13. The summed E-state index contributed by atoms with van der Waals surface area (Å²) in [6.07, 6.45) is 0. The molecular weight excluding hydrogens is 378 g/mol. The molecule has 1 atom stereocenters. The topological polar surface area (TPSA) is 130 Å². The molecule has 9 heteroatoms. The largest absolute Gasteiger partial charge is 0.480 e. The quantitative estimate of drug-likeness (QED) is 0.517. The van der Waals surface area contributed by atoms with Crippen LogP contribution in [0.25, 0.3) is 0 Å². The summed E-state index contributed by atoms with van der Waals surface area (Å²) in [5, 5.41) is 22.6. The number of carbonyl (C=O) groups is 3. The number of rotatable bonds is 8. The first kappa shape index (κ1) is 21.5. The molecule has 0 aromatic heterocycles. The third kappa shape index (κ3) is 5.61. The number of nitrogens with zero attached hydrogens (tertiary/aromatic N) is 2. The number of nitro benzene ring substituents is 1. The van der Waals surface area contributed by atoms with Gasteiger partial charge in [0.2, 0.25) is 5.91 Å². The highest BCUT2D eigenvalue weighted by atomic mass is 16.6. The molecule has 0 aliphatic heterocycles. The third-order valence-corrected chi connectivity index (χ3v) is 4.40. The van der Waals surface area contributed by atoms with Crippen LogP contribution in [0.4, 0.5) is 5.69 Å². The van der Waals surface area contributed by atoms with Gasteiger partial charge in [-0.15, -0.1) is 0 Å². The minimum Gasteiger partial charge on any atom is -0.480 e. The van der Waals surface area contributed by atoms with Crippen LogP contribution in [0.15, 0.2) is 48.5 Å². The highest BCUT2D eigenvalue weighted by molar-refractivity contribution is 5.97. The van der Waals surface area contributed by atoms with Gasteiger partial charge in [-0.1, -0.05) is 30.3 Å². The maximum atomic E-state index is 12.6. The second kappa shape index (κ2) is 9.45. The van der Waals surface area contributed by atoms with Gasteiger partial charge in [0.15, 0.2) is 0 Å². The molecule has 2 N–H and O–H groups in total. The fourth-order valence-electron chi connectivity index (χ4n) is 2.72. The van der Waals surface area contributed by atoms with Crippen LogP contribution in [0.2, 0.25) is 0 Å². The van der Waals surface area contributed by atoms with E-state index in [0.717, 1.165) is 5.56 Å². The molecule has 1 unspecified atom stereocenters. The van der Waals surface area contributed by atoms with Crippen molar-refractivity contribution in [3.8, 4) is 0 Å². The summed E-state index contributed by atoms with van der Waals surface area (Å²) < 4.78 is 0. The molecule has 2 amide bonds. The van der Waals surface area contributed by atoms with E-state index in [1.807, 2.05) is 6.07 Å². The van der Waals surface area contributed by atoms with E-state index >= 15 is 0 Å². The Morgan fingerprint density at radius 1 is 1.17 bits per heavy atom. The molecule has 9 nitrogen and oxygen atoms in total.